The highest BCUT2D eigenvalue weighted by Crippen LogP contribution is 2.26. The third-order valence-electron chi connectivity index (χ3n) is 5.25. The molecule has 0 spiro atoms. The summed E-state index contributed by atoms with van der Waals surface area (Å²) in [4.78, 5) is 12.6. The first-order valence-electron chi connectivity index (χ1n) is 10.9. The summed E-state index contributed by atoms with van der Waals surface area (Å²) in [6.07, 6.45) is 0. The molecule has 3 aromatic carbocycles. The van der Waals surface area contributed by atoms with E-state index < -0.39 is 0 Å². The summed E-state index contributed by atoms with van der Waals surface area (Å²) in [5.41, 5.74) is 6.05. The van der Waals surface area contributed by atoms with Crippen molar-refractivity contribution in [2.75, 3.05) is 16.4 Å². The number of anilines is 2. The molecule has 6 nitrogen and oxygen atoms in total. The number of amides is 1. The molecule has 0 aliphatic heterocycles. The van der Waals surface area contributed by atoms with E-state index in [4.69, 9.17) is 11.6 Å². The third kappa shape index (κ3) is 5.98. The lowest BCUT2D eigenvalue weighted by atomic mass is 10.1. The van der Waals surface area contributed by atoms with E-state index in [0.29, 0.717) is 16.7 Å². The first kappa shape index (κ1) is 23.9. The fraction of sp³-hybridized carbons (Fsp3) is 0.192. The number of benzene rings is 3. The smallest absolute Gasteiger partial charge is 0.234 e. The second-order valence-corrected chi connectivity index (χ2v) is 9.47. The van der Waals surface area contributed by atoms with Crippen LogP contribution in [0.4, 0.5) is 11.4 Å². The minimum atomic E-state index is -0.0945. The Morgan fingerprint density at radius 2 is 1.71 bits per heavy atom. The predicted octanol–water partition coefficient (Wildman–Crippen LogP) is 6.19. The van der Waals surface area contributed by atoms with Gasteiger partial charge in [-0.25, -0.2) is 0 Å². The minimum absolute atomic E-state index is 0.0945. The molecule has 8 heteroatoms. The highest BCUT2D eigenvalue weighted by molar-refractivity contribution is 7.99. The largest absolute Gasteiger partial charge is 0.378 e. The highest BCUT2D eigenvalue weighted by atomic mass is 35.5. The molecule has 4 aromatic rings. The summed E-state index contributed by atoms with van der Waals surface area (Å²) in [5.74, 6) is 0.872. The van der Waals surface area contributed by atoms with Crippen LogP contribution >= 0.6 is 23.4 Å². The second-order valence-electron chi connectivity index (χ2n) is 8.09. The fourth-order valence-corrected chi connectivity index (χ4v) is 4.41. The van der Waals surface area contributed by atoms with Gasteiger partial charge in [0.2, 0.25) is 5.91 Å². The van der Waals surface area contributed by atoms with Gasteiger partial charge >= 0.3 is 0 Å². The SMILES string of the molecule is Cc1ccc(NC(=O)CSc2nnc(CNc3cccc(Cl)c3)n2-c2cc(C)ccc2C)cc1. The molecule has 34 heavy (non-hydrogen) atoms. The predicted molar refractivity (Wildman–Crippen MR) is 140 cm³/mol. The van der Waals surface area contributed by atoms with Gasteiger partial charge in [-0.15, -0.1) is 10.2 Å². The quantitative estimate of drug-likeness (QED) is 0.287. The first-order chi connectivity index (χ1) is 16.4. The van der Waals surface area contributed by atoms with E-state index in [1.807, 2.05) is 60.0 Å². The number of carbonyl (C=O) groups excluding carboxylic acids is 1. The van der Waals surface area contributed by atoms with Gasteiger partial charge in [-0.05, 0) is 68.3 Å². The zero-order chi connectivity index (χ0) is 24.1. The molecule has 0 aliphatic carbocycles. The molecule has 0 radical (unpaired) electrons. The Hall–Kier alpha value is -3.29. The van der Waals surface area contributed by atoms with E-state index in [0.717, 1.165) is 39.6 Å². The van der Waals surface area contributed by atoms with Crippen molar-refractivity contribution in [2.24, 2.45) is 0 Å². The maximum absolute atomic E-state index is 12.6. The van der Waals surface area contributed by atoms with Gasteiger partial charge in [0.25, 0.3) is 0 Å². The fourth-order valence-electron chi connectivity index (χ4n) is 3.45. The molecule has 2 N–H and O–H groups in total. The molecule has 4 rings (SSSR count). The molecule has 0 fully saturated rings. The number of nitrogens with one attached hydrogen (secondary N) is 2. The van der Waals surface area contributed by atoms with Crippen LogP contribution in [0.3, 0.4) is 0 Å². The summed E-state index contributed by atoms with van der Waals surface area (Å²) in [7, 11) is 0. The van der Waals surface area contributed by atoms with Gasteiger partial charge in [0, 0.05) is 16.4 Å². The van der Waals surface area contributed by atoms with Gasteiger partial charge in [-0.2, -0.15) is 0 Å². The van der Waals surface area contributed by atoms with Crippen LogP contribution in [0, 0.1) is 20.8 Å². The van der Waals surface area contributed by atoms with Gasteiger partial charge in [0.1, 0.15) is 0 Å². The summed E-state index contributed by atoms with van der Waals surface area (Å²) in [6.45, 7) is 6.58. The van der Waals surface area contributed by atoms with Gasteiger partial charge in [0.15, 0.2) is 11.0 Å². The van der Waals surface area contributed by atoms with E-state index in [-0.39, 0.29) is 11.7 Å². The molecule has 174 valence electrons. The Balaban J connectivity index is 1.55. The van der Waals surface area contributed by atoms with E-state index in [9.17, 15) is 4.79 Å². The lowest BCUT2D eigenvalue weighted by Crippen LogP contribution is -2.15. The van der Waals surface area contributed by atoms with Crippen molar-refractivity contribution in [3.8, 4) is 5.69 Å². The molecule has 1 aromatic heterocycles. The minimum Gasteiger partial charge on any atom is -0.378 e. The average Bonchev–Trinajstić information content (AvgIpc) is 3.22. The zero-order valence-corrected chi connectivity index (χ0v) is 20.9. The van der Waals surface area contributed by atoms with E-state index in [2.05, 4.69) is 52.9 Å². The molecule has 1 amide bonds. The number of hydrogen-bond donors (Lipinski definition) is 2. The first-order valence-corrected chi connectivity index (χ1v) is 12.3. The number of thioether (sulfide) groups is 1. The summed E-state index contributed by atoms with van der Waals surface area (Å²) in [5, 5.41) is 16.5. The molecule has 0 saturated carbocycles. The molecule has 0 bridgehead atoms. The topological polar surface area (TPSA) is 71.8 Å². The Kier molecular flexibility index (Phi) is 7.55. The van der Waals surface area contributed by atoms with E-state index >= 15 is 0 Å². The molecule has 0 unspecified atom stereocenters. The van der Waals surface area contributed by atoms with Crippen LogP contribution < -0.4 is 10.6 Å². The maximum atomic E-state index is 12.6. The van der Waals surface area contributed by atoms with Gasteiger partial charge in [0.05, 0.1) is 18.0 Å². The van der Waals surface area contributed by atoms with Crippen molar-refractivity contribution in [2.45, 2.75) is 32.5 Å². The number of aryl methyl sites for hydroxylation is 3. The van der Waals surface area contributed by atoms with Crippen molar-refractivity contribution < 1.29 is 4.79 Å². The summed E-state index contributed by atoms with van der Waals surface area (Å²) in [6, 6.07) is 21.6. The Morgan fingerprint density at radius 1 is 0.941 bits per heavy atom. The van der Waals surface area contributed by atoms with Crippen LogP contribution in [0.1, 0.15) is 22.5 Å². The average molecular weight is 492 g/mol. The van der Waals surface area contributed by atoms with E-state index in [1.54, 1.807) is 0 Å². The molecule has 0 saturated heterocycles. The molecular weight excluding hydrogens is 466 g/mol. The maximum Gasteiger partial charge on any atom is 0.234 e. The van der Waals surface area contributed by atoms with Crippen LogP contribution in [-0.4, -0.2) is 26.4 Å². The summed E-state index contributed by atoms with van der Waals surface area (Å²) >= 11 is 7.48. The standard InChI is InChI=1S/C26H26ClN5OS/c1-17-8-11-21(12-9-17)29-25(33)16-34-26-31-30-24(15-28-22-6-4-5-20(27)14-22)32(26)23-13-18(2)7-10-19(23)3/h4-14,28H,15-16H2,1-3H3,(H,29,33). The van der Waals surface area contributed by atoms with Crippen LogP contribution in [0.5, 0.6) is 0 Å². The molecular formula is C26H26ClN5OS. The van der Waals surface area contributed by atoms with Crippen molar-refractivity contribution in [1.29, 1.82) is 0 Å². The lowest BCUT2D eigenvalue weighted by molar-refractivity contribution is -0.113. The van der Waals surface area contributed by atoms with Crippen molar-refractivity contribution in [3.63, 3.8) is 0 Å². The number of carbonyl (C=O) groups is 1. The van der Waals surface area contributed by atoms with Crippen LogP contribution in [-0.2, 0) is 11.3 Å². The lowest BCUT2D eigenvalue weighted by Gasteiger charge is -2.14. The van der Waals surface area contributed by atoms with Crippen molar-refractivity contribution in [3.05, 3.63) is 94.3 Å². The Bertz CT molecular complexity index is 1300. The number of nitrogens with zero attached hydrogens (tertiary/aromatic N) is 3. The third-order valence-corrected chi connectivity index (χ3v) is 6.41. The van der Waals surface area contributed by atoms with Crippen LogP contribution in [0.25, 0.3) is 5.69 Å². The van der Waals surface area contributed by atoms with Crippen molar-refractivity contribution >= 4 is 40.6 Å². The Labute approximate surface area is 208 Å². The molecule has 0 aliphatic rings. The Morgan fingerprint density at radius 3 is 2.47 bits per heavy atom. The van der Waals surface area contributed by atoms with E-state index in [1.165, 1.54) is 11.8 Å². The highest BCUT2D eigenvalue weighted by Gasteiger charge is 2.17. The number of aromatic nitrogens is 3. The number of rotatable bonds is 8. The second kappa shape index (κ2) is 10.8. The van der Waals surface area contributed by atoms with Gasteiger partial charge in [-0.3, -0.25) is 9.36 Å². The van der Waals surface area contributed by atoms with Gasteiger partial charge < -0.3 is 10.6 Å². The monoisotopic (exact) mass is 491 g/mol. The number of halogens is 1. The van der Waals surface area contributed by atoms with Crippen LogP contribution in [0.15, 0.2) is 71.9 Å². The van der Waals surface area contributed by atoms with Crippen LogP contribution in [0.2, 0.25) is 5.02 Å². The summed E-state index contributed by atoms with van der Waals surface area (Å²) < 4.78 is 2.02. The van der Waals surface area contributed by atoms with Crippen molar-refractivity contribution in [1.82, 2.24) is 14.8 Å². The molecule has 0 atom stereocenters. The van der Waals surface area contributed by atoms with Gasteiger partial charge in [-0.1, -0.05) is 59.3 Å². The zero-order valence-electron chi connectivity index (χ0n) is 19.3. The molecule has 1 heterocycles. The normalized spacial score (nSPS) is 10.8. The number of hydrogen-bond acceptors (Lipinski definition) is 5.